The number of benzene rings is 3. The van der Waals surface area contributed by atoms with Crippen molar-refractivity contribution in [2.75, 3.05) is 12.4 Å². The van der Waals surface area contributed by atoms with Crippen molar-refractivity contribution in [3.05, 3.63) is 98.7 Å². The van der Waals surface area contributed by atoms with Crippen molar-refractivity contribution in [3.63, 3.8) is 0 Å². The van der Waals surface area contributed by atoms with Crippen molar-refractivity contribution in [2.45, 2.75) is 33.4 Å². The third-order valence-corrected chi connectivity index (χ3v) is 6.37. The number of hydrogen-bond donors (Lipinski definition) is 1. The molecule has 0 spiro atoms. The zero-order chi connectivity index (χ0) is 23.3. The molecular weight excluding hydrogens is 412 g/mol. The van der Waals surface area contributed by atoms with Crippen molar-refractivity contribution in [3.8, 4) is 11.3 Å². The van der Waals surface area contributed by atoms with E-state index in [1.807, 2.05) is 61.5 Å². The second kappa shape index (κ2) is 7.93. The summed E-state index contributed by atoms with van der Waals surface area (Å²) in [6, 6.07) is 19.5. The lowest BCUT2D eigenvalue weighted by Gasteiger charge is -2.19. The van der Waals surface area contributed by atoms with Crippen molar-refractivity contribution in [1.82, 2.24) is 4.90 Å². The van der Waals surface area contributed by atoms with E-state index in [0.717, 1.165) is 27.9 Å². The van der Waals surface area contributed by atoms with Crippen LogP contribution in [0.5, 0.6) is 0 Å². The third-order valence-electron chi connectivity index (χ3n) is 6.37. The highest BCUT2D eigenvalue weighted by Crippen LogP contribution is 2.34. The zero-order valence-electron chi connectivity index (χ0n) is 19.2. The predicted octanol–water partition coefficient (Wildman–Crippen LogP) is 5.84. The van der Waals surface area contributed by atoms with Gasteiger partial charge in [-0.05, 0) is 62.2 Å². The summed E-state index contributed by atoms with van der Waals surface area (Å²) in [5, 5.41) is 4.10. The fourth-order valence-electron chi connectivity index (χ4n) is 4.63. The Balaban J connectivity index is 1.66. The normalized spacial score (nSPS) is 13.9. The number of carbonyl (C=O) groups excluding carboxylic acids is 1. The van der Waals surface area contributed by atoms with Gasteiger partial charge in [-0.3, -0.25) is 9.59 Å². The maximum Gasteiger partial charge on any atom is 0.254 e. The van der Waals surface area contributed by atoms with Gasteiger partial charge in [0, 0.05) is 41.5 Å². The highest BCUT2D eigenvalue weighted by atomic mass is 16.3. The fourth-order valence-corrected chi connectivity index (χ4v) is 4.63. The first-order valence-corrected chi connectivity index (χ1v) is 11.1. The van der Waals surface area contributed by atoms with Crippen molar-refractivity contribution in [2.24, 2.45) is 0 Å². The van der Waals surface area contributed by atoms with Gasteiger partial charge >= 0.3 is 0 Å². The molecule has 1 N–H and O–H groups in total. The Morgan fingerprint density at radius 1 is 1.00 bits per heavy atom. The van der Waals surface area contributed by atoms with Gasteiger partial charge in [0.15, 0.2) is 5.43 Å². The van der Waals surface area contributed by atoms with Crippen LogP contribution in [0.4, 0.5) is 5.69 Å². The maximum absolute atomic E-state index is 13.4. The SMILES string of the molecule is Cc1cc(C(C)Nc2ccccc2)c2oc(-c3ccc4c(c3)CN(C)C4=O)c(C)c(=O)c2c1. The van der Waals surface area contributed by atoms with Gasteiger partial charge in [-0.25, -0.2) is 0 Å². The average molecular weight is 439 g/mol. The Bertz CT molecular complexity index is 1450. The minimum atomic E-state index is -0.0696. The first-order valence-electron chi connectivity index (χ1n) is 11.1. The highest BCUT2D eigenvalue weighted by Gasteiger charge is 2.26. The van der Waals surface area contributed by atoms with Crippen LogP contribution in [0.25, 0.3) is 22.3 Å². The molecule has 2 heterocycles. The number of fused-ring (bicyclic) bond motifs is 2. The predicted molar refractivity (Wildman–Crippen MR) is 132 cm³/mol. The van der Waals surface area contributed by atoms with Gasteiger partial charge in [-0.15, -0.1) is 0 Å². The van der Waals surface area contributed by atoms with Crippen LogP contribution in [0, 0.1) is 13.8 Å². The lowest BCUT2D eigenvalue weighted by atomic mass is 9.98. The van der Waals surface area contributed by atoms with Crippen molar-refractivity contribution < 1.29 is 9.21 Å². The Hall–Kier alpha value is -3.86. The molecule has 1 aliphatic rings. The molecule has 0 radical (unpaired) electrons. The van der Waals surface area contributed by atoms with Crippen LogP contribution in [0.3, 0.4) is 0 Å². The molecule has 5 rings (SSSR count). The van der Waals surface area contributed by atoms with Crippen LogP contribution < -0.4 is 10.7 Å². The van der Waals surface area contributed by atoms with E-state index < -0.39 is 0 Å². The molecule has 1 aromatic heterocycles. The standard InChI is InChI=1S/C28H26N2O3/c1-16-12-23(18(3)29-21-8-6-5-7-9-21)27-24(13-16)25(31)17(2)26(33-27)19-10-11-22-20(14-19)15-30(4)28(22)32/h5-14,18,29H,15H2,1-4H3. The fraction of sp³-hybridized carbons (Fsp3) is 0.214. The van der Waals surface area contributed by atoms with Crippen LogP contribution in [0.15, 0.2) is 69.9 Å². The number of nitrogens with zero attached hydrogens (tertiary/aromatic N) is 1. The number of aryl methyl sites for hydroxylation is 1. The molecule has 33 heavy (non-hydrogen) atoms. The minimum absolute atomic E-state index is 0.0202. The molecular formula is C28H26N2O3. The Morgan fingerprint density at radius 3 is 2.52 bits per heavy atom. The van der Waals surface area contributed by atoms with Gasteiger partial charge in [-0.2, -0.15) is 0 Å². The Kier molecular flexibility index (Phi) is 5.05. The molecule has 4 aromatic rings. The van der Waals surface area contributed by atoms with E-state index in [4.69, 9.17) is 4.42 Å². The molecule has 5 nitrogen and oxygen atoms in total. The van der Waals surface area contributed by atoms with E-state index in [9.17, 15) is 9.59 Å². The second-order valence-electron chi connectivity index (χ2n) is 8.88. The smallest absolute Gasteiger partial charge is 0.254 e. The summed E-state index contributed by atoms with van der Waals surface area (Å²) in [7, 11) is 1.79. The van der Waals surface area contributed by atoms with Crippen molar-refractivity contribution in [1.29, 1.82) is 0 Å². The van der Waals surface area contributed by atoms with E-state index in [0.29, 0.717) is 34.4 Å². The van der Waals surface area contributed by atoms with Crippen molar-refractivity contribution >= 4 is 22.6 Å². The van der Waals surface area contributed by atoms with Gasteiger partial charge < -0.3 is 14.6 Å². The summed E-state index contributed by atoms with van der Waals surface area (Å²) in [4.78, 5) is 27.4. The van der Waals surface area contributed by atoms with Crippen LogP contribution >= 0.6 is 0 Å². The summed E-state index contributed by atoms with van der Waals surface area (Å²) >= 11 is 0. The molecule has 3 aromatic carbocycles. The van der Waals surface area contributed by atoms with E-state index >= 15 is 0 Å². The quantitative estimate of drug-likeness (QED) is 0.435. The Labute approximate surface area is 192 Å². The Morgan fingerprint density at radius 2 is 1.76 bits per heavy atom. The first-order chi connectivity index (χ1) is 15.8. The maximum atomic E-state index is 13.4. The topological polar surface area (TPSA) is 62.6 Å². The van der Waals surface area contributed by atoms with E-state index in [1.54, 1.807) is 18.9 Å². The molecule has 0 aliphatic carbocycles. The molecule has 0 saturated carbocycles. The summed E-state index contributed by atoms with van der Waals surface area (Å²) in [6.07, 6.45) is 0. The highest BCUT2D eigenvalue weighted by molar-refractivity contribution is 5.98. The number of hydrogen-bond acceptors (Lipinski definition) is 4. The summed E-state index contributed by atoms with van der Waals surface area (Å²) in [5.41, 5.74) is 6.55. The van der Waals surface area contributed by atoms with Gasteiger partial charge in [-0.1, -0.05) is 30.3 Å². The largest absolute Gasteiger partial charge is 0.455 e. The molecule has 0 bridgehead atoms. The van der Waals surface area contributed by atoms with Gasteiger partial charge in [0.05, 0.1) is 11.4 Å². The third kappa shape index (κ3) is 3.59. The van der Waals surface area contributed by atoms with E-state index in [1.165, 1.54) is 0 Å². The zero-order valence-corrected chi connectivity index (χ0v) is 19.2. The average Bonchev–Trinajstić information content (AvgIpc) is 3.09. The van der Waals surface area contributed by atoms with Crippen LogP contribution in [0.2, 0.25) is 0 Å². The van der Waals surface area contributed by atoms with Gasteiger partial charge in [0.25, 0.3) is 5.91 Å². The number of rotatable bonds is 4. The summed E-state index contributed by atoms with van der Waals surface area (Å²) < 4.78 is 6.48. The number of amides is 1. The van der Waals surface area contributed by atoms with Crippen LogP contribution in [-0.2, 0) is 6.54 Å². The number of para-hydroxylation sites is 1. The number of nitrogens with one attached hydrogen (secondary N) is 1. The monoisotopic (exact) mass is 438 g/mol. The first kappa shape index (κ1) is 21.0. The van der Waals surface area contributed by atoms with E-state index in [-0.39, 0.29) is 17.4 Å². The molecule has 166 valence electrons. The molecule has 0 fully saturated rings. The van der Waals surface area contributed by atoms with Crippen LogP contribution in [0.1, 0.15) is 45.6 Å². The molecule has 0 saturated heterocycles. The van der Waals surface area contributed by atoms with Crippen LogP contribution in [-0.4, -0.2) is 17.9 Å². The molecule has 1 unspecified atom stereocenters. The molecule has 1 amide bonds. The van der Waals surface area contributed by atoms with E-state index in [2.05, 4.69) is 18.3 Å². The summed E-state index contributed by atoms with van der Waals surface area (Å²) in [6.45, 7) is 6.42. The molecule has 1 atom stereocenters. The van der Waals surface area contributed by atoms with Gasteiger partial charge in [0.2, 0.25) is 0 Å². The lowest BCUT2D eigenvalue weighted by molar-refractivity contribution is 0.0816. The second-order valence-corrected chi connectivity index (χ2v) is 8.88. The lowest BCUT2D eigenvalue weighted by Crippen LogP contribution is -2.17. The van der Waals surface area contributed by atoms with Gasteiger partial charge in [0.1, 0.15) is 11.3 Å². The number of carbonyl (C=O) groups is 1. The number of anilines is 1. The molecule has 1 aliphatic heterocycles. The molecule has 5 heteroatoms. The summed E-state index contributed by atoms with van der Waals surface area (Å²) in [5.74, 6) is 0.570. The minimum Gasteiger partial charge on any atom is -0.455 e.